The third-order valence-corrected chi connectivity index (χ3v) is 3.80. The van der Waals surface area contributed by atoms with Crippen molar-refractivity contribution in [2.24, 2.45) is 11.3 Å². The van der Waals surface area contributed by atoms with E-state index in [1.54, 1.807) is 0 Å². The maximum absolute atomic E-state index is 10.0. The van der Waals surface area contributed by atoms with Gasteiger partial charge in [-0.1, -0.05) is 32.6 Å². The minimum absolute atomic E-state index is 0.00694. The van der Waals surface area contributed by atoms with Crippen LogP contribution >= 0.6 is 0 Å². The SMILES string of the molecule is CC1(C(O)CC2CC2)CCCC1. The zero-order valence-corrected chi connectivity index (χ0v) is 8.05. The molecule has 1 N–H and O–H groups in total. The van der Waals surface area contributed by atoms with Gasteiger partial charge in [-0.05, 0) is 30.6 Å². The first-order valence-corrected chi connectivity index (χ1v) is 5.39. The van der Waals surface area contributed by atoms with Crippen LogP contribution in [0.2, 0.25) is 0 Å². The molecule has 0 spiro atoms. The van der Waals surface area contributed by atoms with Crippen molar-refractivity contribution < 1.29 is 5.11 Å². The molecule has 0 aromatic carbocycles. The fourth-order valence-corrected chi connectivity index (χ4v) is 2.47. The average molecular weight is 168 g/mol. The van der Waals surface area contributed by atoms with E-state index in [1.165, 1.54) is 38.5 Å². The van der Waals surface area contributed by atoms with E-state index in [4.69, 9.17) is 0 Å². The highest BCUT2D eigenvalue weighted by Gasteiger charge is 2.38. The highest BCUT2D eigenvalue weighted by Crippen LogP contribution is 2.45. The quantitative estimate of drug-likeness (QED) is 0.687. The van der Waals surface area contributed by atoms with Gasteiger partial charge in [0.15, 0.2) is 0 Å². The van der Waals surface area contributed by atoms with E-state index >= 15 is 0 Å². The minimum Gasteiger partial charge on any atom is -0.393 e. The van der Waals surface area contributed by atoms with Crippen LogP contribution in [0.5, 0.6) is 0 Å². The standard InChI is InChI=1S/C11H20O/c1-11(6-2-3-7-11)10(12)8-9-4-5-9/h9-10,12H,2-8H2,1H3. The van der Waals surface area contributed by atoms with Crippen molar-refractivity contribution >= 4 is 0 Å². The molecule has 0 amide bonds. The lowest BCUT2D eigenvalue weighted by molar-refractivity contribution is 0.0307. The molecule has 2 aliphatic carbocycles. The van der Waals surface area contributed by atoms with E-state index in [2.05, 4.69) is 6.92 Å². The van der Waals surface area contributed by atoms with E-state index in [0.29, 0.717) is 0 Å². The van der Waals surface area contributed by atoms with E-state index in [-0.39, 0.29) is 11.5 Å². The zero-order valence-electron chi connectivity index (χ0n) is 8.05. The van der Waals surface area contributed by atoms with Gasteiger partial charge in [0.1, 0.15) is 0 Å². The third-order valence-electron chi connectivity index (χ3n) is 3.80. The van der Waals surface area contributed by atoms with Crippen LogP contribution in [-0.4, -0.2) is 11.2 Å². The highest BCUT2D eigenvalue weighted by atomic mass is 16.3. The van der Waals surface area contributed by atoms with E-state index in [1.807, 2.05) is 0 Å². The maximum atomic E-state index is 10.0. The number of aliphatic hydroxyl groups excluding tert-OH is 1. The summed E-state index contributed by atoms with van der Waals surface area (Å²) in [6.07, 6.45) is 8.97. The Bertz CT molecular complexity index is 154. The molecule has 2 saturated carbocycles. The van der Waals surface area contributed by atoms with Crippen LogP contribution in [0.15, 0.2) is 0 Å². The molecule has 0 bridgehead atoms. The summed E-state index contributed by atoms with van der Waals surface area (Å²) in [7, 11) is 0. The van der Waals surface area contributed by atoms with Crippen molar-refractivity contribution in [2.45, 2.75) is 58.0 Å². The molecule has 1 unspecified atom stereocenters. The third kappa shape index (κ3) is 1.66. The van der Waals surface area contributed by atoms with Gasteiger partial charge in [0, 0.05) is 0 Å². The molecule has 0 radical (unpaired) electrons. The van der Waals surface area contributed by atoms with Gasteiger partial charge in [-0.15, -0.1) is 0 Å². The van der Waals surface area contributed by atoms with E-state index < -0.39 is 0 Å². The van der Waals surface area contributed by atoms with Crippen LogP contribution < -0.4 is 0 Å². The smallest absolute Gasteiger partial charge is 0.0596 e. The normalized spacial score (nSPS) is 30.5. The summed E-state index contributed by atoms with van der Waals surface area (Å²) in [5.74, 6) is 0.873. The molecule has 2 fully saturated rings. The molecule has 1 atom stereocenters. The Morgan fingerprint density at radius 1 is 1.33 bits per heavy atom. The van der Waals surface area contributed by atoms with Crippen molar-refractivity contribution in [1.82, 2.24) is 0 Å². The molecule has 0 saturated heterocycles. The lowest BCUT2D eigenvalue weighted by atomic mass is 9.80. The Balaban J connectivity index is 1.87. The van der Waals surface area contributed by atoms with Gasteiger partial charge in [-0.25, -0.2) is 0 Å². The first-order valence-electron chi connectivity index (χ1n) is 5.39. The summed E-state index contributed by atoms with van der Waals surface area (Å²) < 4.78 is 0. The lowest BCUT2D eigenvalue weighted by Crippen LogP contribution is -2.29. The molecule has 1 nitrogen and oxygen atoms in total. The molecule has 2 aliphatic rings. The predicted octanol–water partition coefficient (Wildman–Crippen LogP) is 2.73. The lowest BCUT2D eigenvalue weighted by Gasteiger charge is -2.29. The topological polar surface area (TPSA) is 20.2 Å². The van der Waals surface area contributed by atoms with Crippen LogP contribution in [0.4, 0.5) is 0 Å². The van der Waals surface area contributed by atoms with Crippen LogP contribution in [0.1, 0.15) is 51.9 Å². The Hall–Kier alpha value is -0.0400. The average Bonchev–Trinajstić information content (AvgIpc) is 2.73. The fourth-order valence-electron chi connectivity index (χ4n) is 2.47. The Kier molecular flexibility index (Phi) is 2.16. The minimum atomic E-state index is -0.00694. The summed E-state index contributed by atoms with van der Waals surface area (Å²) in [5, 5.41) is 10.0. The second-order valence-electron chi connectivity index (χ2n) is 5.06. The first-order chi connectivity index (χ1) is 5.71. The van der Waals surface area contributed by atoms with Crippen LogP contribution in [0.25, 0.3) is 0 Å². The monoisotopic (exact) mass is 168 g/mol. The molecular formula is C11H20O. The number of aliphatic hydroxyl groups is 1. The first kappa shape index (κ1) is 8.55. The van der Waals surface area contributed by atoms with Crippen LogP contribution in [0.3, 0.4) is 0 Å². The molecule has 1 heteroatoms. The molecule has 12 heavy (non-hydrogen) atoms. The molecular weight excluding hydrogens is 148 g/mol. The number of hydrogen-bond donors (Lipinski definition) is 1. The van der Waals surface area contributed by atoms with E-state index in [0.717, 1.165) is 12.3 Å². The van der Waals surface area contributed by atoms with Gasteiger partial charge in [0.2, 0.25) is 0 Å². The van der Waals surface area contributed by atoms with Crippen molar-refractivity contribution in [3.63, 3.8) is 0 Å². The van der Waals surface area contributed by atoms with Gasteiger partial charge in [0.05, 0.1) is 6.10 Å². The second-order valence-corrected chi connectivity index (χ2v) is 5.06. The summed E-state index contributed by atoms with van der Waals surface area (Å²) >= 11 is 0. The Labute approximate surface area is 75.2 Å². The number of rotatable bonds is 3. The molecule has 0 aliphatic heterocycles. The van der Waals surface area contributed by atoms with Gasteiger partial charge in [-0.3, -0.25) is 0 Å². The maximum Gasteiger partial charge on any atom is 0.0596 e. The second kappa shape index (κ2) is 3.02. The van der Waals surface area contributed by atoms with E-state index in [9.17, 15) is 5.11 Å². The van der Waals surface area contributed by atoms with Crippen molar-refractivity contribution in [2.75, 3.05) is 0 Å². The van der Waals surface area contributed by atoms with Gasteiger partial charge < -0.3 is 5.11 Å². The summed E-state index contributed by atoms with van der Waals surface area (Å²) in [4.78, 5) is 0. The Morgan fingerprint density at radius 2 is 1.92 bits per heavy atom. The summed E-state index contributed by atoms with van der Waals surface area (Å²) in [6, 6.07) is 0. The molecule has 0 aromatic heterocycles. The number of hydrogen-bond acceptors (Lipinski definition) is 1. The molecule has 0 aromatic rings. The largest absolute Gasteiger partial charge is 0.393 e. The fraction of sp³-hybridized carbons (Fsp3) is 1.00. The molecule has 70 valence electrons. The Morgan fingerprint density at radius 3 is 2.42 bits per heavy atom. The molecule has 0 heterocycles. The molecule has 2 rings (SSSR count). The summed E-state index contributed by atoms with van der Waals surface area (Å²) in [5.41, 5.74) is 0.280. The van der Waals surface area contributed by atoms with Crippen LogP contribution in [-0.2, 0) is 0 Å². The highest BCUT2D eigenvalue weighted by molar-refractivity contribution is 4.90. The zero-order chi connectivity index (χ0) is 8.60. The van der Waals surface area contributed by atoms with Gasteiger partial charge >= 0.3 is 0 Å². The van der Waals surface area contributed by atoms with Crippen molar-refractivity contribution in [1.29, 1.82) is 0 Å². The van der Waals surface area contributed by atoms with Gasteiger partial charge in [0.25, 0.3) is 0 Å². The van der Waals surface area contributed by atoms with Crippen molar-refractivity contribution in [3.8, 4) is 0 Å². The predicted molar refractivity (Wildman–Crippen MR) is 49.9 cm³/mol. The van der Waals surface area contributed by atoms with Gasteiger partial charge in [-0.2, -0.15) is 0 Å². The van der Waals surface area contributed by atoms with Crippen molar-refractivity contribution in [3.05, 3.63) is 0 Å². The summed E-state index contributed by atoms with van der Waals surface area (Å²) in [6.45, 7) is 2.27. The van der Waals surface area contributed by atoms with Crippen LogP contribution in [0, 0.1) is 11.3 Å².